The summed E-state index contributed by atoms with van der Waals surface area (Å²) in [5.41, 5.74) is 8.61. The minimum atomic E-state index is -2.60. The van der Waals surface area contributed by atoms with Crippen molar-refractivity contribution in [2.24, 2.45) is 5.73 Å². The second kappa shape index (κ2) is 6.15. The van der Waals surface area contributed by atoms with E-state index in [0.29, 0.717) is 35.4 Å². The van der Waals surface area contributed by atoms with Gasteiger partial charge in [-0.3, -0.25) is 13.9 Å². The normalized spacial score (nSPS) is 22.6. The summed E-state index contributed by atoms with van der Waals surface area (Å²) in [6, 6.07) is 7.39. The van der Waals surface area contributed by atoms with Gasteiger partial charge in [-0.25, -0.2) is 0 Å². The van der Waals surface area contributed by atoms with E-state index < -0.39 is 21.2 Å². The summed E-state index contributed by atoms with van der Waals surface area (Å²) in [5.74, 6) is 0.726. The van der Waals surface area contributed by atoms with Crippen LogP contribution in [0, 0.1) is 0 Å². The molecule has 0 aliphatic carbocycles. The summed E-state index contributed by atoms with van der Waals surface area (Å²) in [5, 5.41) is 0.928. The van der Waals surface area contributed by atoms with Crippen molar-refractivity contribution < 1.29 is 18.3 Å². The molecule has 1 amide bonds. The Kier molecular flexibility index (Phi) is 4.14. The molecule has 1 aliphatic heterocycles. The van der Waals surface area contributed by atoms with E-state index in [0.717, 1.165) is 16.5 Å². The lowest BCUT2D eigenvalue weighted by atomic mass is 9.86. The van der Waals surface area contributed by atoms with E-state index >= 15 is 0 Å². The Labute approximate surface area is 159 Å². The van der Waals surface area contributed by atoms with Crippen LogP contribution >= 0.6 is 10.6 Å². The third-order valence-corrected chi connectivity index (χ3v) is 8.45. The van der Waals surface area contributed by atoms with E-state index in [1.54, 1.807) is 18.4 Å². The monoisotopic (exact) mass is 388 g/mol. The third kappa shape index (κ3) is 2.96. The van der Waals surface area contributed by atoms with Gasteiger partial charge in [0.2, 0.25) is 0 Å². The number of aromatic amines is 1. The van der Waals surface area contributed by atoms with Crippen LogP contribution in [0.25, 0.3) is 22.2 Å². The van der Waals surface area contributed by atoms with Crippen molar-refractivity contribution in [2.75, 3.05) is 5.75 Å². The molecule has 7 heteroatoms. The number of furan rings is 1. The van der Waals surface area contributed by atoms with Crippen LogP contribution in [0.1, 0.15) is 48.5 Å². The molecule has 27 heavy (non-hydrogen) atoms. The van der Waals surface area contributed by atoms with Crippen LogP contribution in [0.15, 0.2) is 41.1 Å². The molecule has 0 bridgehead atoms. The molecule has 0 spiro atoms. The highest BCUT2D eigenvalue weighted by atomic mass is 32.3. The Bertz CT molecular complexity index is 1000. The van der Waals surface area contributed by atoms with Gasteiger partial charge in [-0.1, -0.05) is 0 Å². The van der Waals surface area contributed by atoms with Gasteiger partial charge < -0.3 is 15.1 Å². The van der Waals surface area contributed by atoms with Gasteiger partial charge in [-0.05, 0) is 62.4 Å². The third-order valence-electron chi connectivity index (χ3n) is 5.71. The van der Waals surface area contributed by atoms with Gasteiger partial charge in [0.25, 0.3) is 5.91 Å². The molecule has 6 nitrogen and oxygen atoms in total. The molecule has 3 heterocycles. The van der Waals surface area contributed by atoms with Crippen LogP contribution in [-0.4, -0.2) is 30.5 Å². The van der Waals surface area contributed by atoms with Gasteiger partial charge in [0.1, 0.15) is 5.76 Å². The molecule has 3 aromatic rings. The second-order valence-electron chi connectivity index (χ2n) is 7.85. The average molecular weight is 388 g/mol. The predicted molar refractivity (Wildman–Crippen MR) is 108 cm³/mol. The van der Waals surface area contributed by atoms with Crippen LogP contribution in [0.4, 0.5) is 0 Å². The first-order valence-corrected chi connectivity index (χ1v) is 10.7. The highest BCUT2D eigenvalue weighted by Crippen LogP contribution is 2.61. The van der Waals surface area contributed by atoms with Gasteiger partial charge in [0.05, 0.1) is 22.1 Å². The standard InChI is InChI=1S/C20H24N2O4S/c1-20(2)10-12(5-7-27(20,24)25)16-11-22-18-14(16)8-13(9-15(18)19(21)23)17-4-3-6-26-17/h3-4,6,8-9,11-12,22,24-25H,5,7,10H2,1-2H3,(H2,21,23). The van der Waals surface area contributed by atoms with E-state index in [4.69, 9.17) is 10.2 Å². The molecular weight excluding hydrogens is 364 g/mol. The smallest absolute Gasteiger partial charge is 0.250 e. The molecule has 1 unspecified atom stereocenters. The Hall–Kier alpha value is -2.22. The minimum absolute atomic E-state index is 0.168. The van der Waals surface area contributed by atoms with E-state index in [1.807, 2.05) is 32.2 Å². The zero-order valence-corrected chi connectivity index (χ0v) is 16.2. The summed E-state index contributed by atoms with van der Waals surface area (Å²) in [4.78, 5) is 15.2. The van der Waals surface area contributed by atoms with Crippen LogP contribution in [0.3, 0.4) is 0 Å². The number of benzene rings is 1. The maximum Gasteiger partial charge on any atom is 0.250 e. The molecular formula is C20H24N2O4S. The summed E-state index contributed by atoms with van der Waals surface area (Å²) < 4.78 is 25.7. The lowest BCUT2D eigenvalue weighted by Crippen LogP contribution is -2.36. The molecule has 1 atom stereocenters. The fourth-order valence-electron chi connectivity index (χ4n) is 4.05. The summed E-state index contributed by atoms with van der Waals surface area (Å²) in [7, 11) is -2.60. The van der Waals surface area contributed by atoms with E-state index in [1.165, 1.54) is 0 Å². The Morgan fingerprint density at radius 2 is 2.15 bits per heavy atom. The van der Waals surface area contributed by atoms with Crippen molar-refractivity contribution >= 4 is 27.4 Å². The second-order valence-corrected chi connectivity index (χ2v) is 10.7. The summed E-state index contributed by atoms with van der Waals surface area (Å²) in [6.07, 6.45) is 4.87. The number of nitrogens with one attached hydrogen (secondary N) is 1. The van der Waals surface area contributed by atoms with Gasteiger partial charge >= 0.3 is 0 Å². The first-order valence-electron chi connectivity index (χ1n) is 8.94. The molecule has 144 valence electrons. The maximum atomic E-state index is 12.0. The lowest BCUT2D eigenvalue weighted by Gasteiger charge is -2.52. The number of primary amides is 1. The van der Waals surface area contributed by atoms with Crippen LogP contribution in [-0.2, 0) is 0 Å². The number of carbonyl (C=O) groups is 1. The maximum absolute atomic E-state index is 12.0. The number of amides is 1. The van der Waals surface area contributed by atoms with Crippen LogP contribution in [0.5, 0.6) is 0 Å². The molecule has 2 aromatic heterocycles. The highest BCUT2D eigenvalue weighted by molar-refractivity contribution is 8.25. The lowest BCUT2D eigenvalue weighted by molar-refractivity contribution is 0.100. The minimum Gasteiger partial charge on any atom is -0.464 e. The first kappa shape index (κ1) is 18.2. The number of hydrogen-bond donors (Lipinski definition) is 4. The number of H-pyrrole nitrogens is 1. The molecule has 1 saturated heterocycles. The molecule has 1 aromatic carbocycles. The predicted octanol–water partition coefficient (Wildman–Crippen LogP) is 4.93. The van der Waals surface area contributed by atoms with Crippen molar-refractivity contribution in [1.82, 2.24) is 4.98 Å². The first-order chi connectivity index (χ1) is 12.7. The number of hydrogen-bond acceptors (Lipinski definition) is 4. The topological polar surface area (TPSA) is 112 Å². The van der Waals surface area contributed by atoms with Crippen molar-refractivity contribution in [3.8, 4) is 11.3 Å². The molecule has 1 fully saturated rings. The van der Waals surface area contributed by atoms with Crippen molar-refractivity contribution in [1.29, 1.82) is 0 Å². The number of carbonyl (C=O) groups excluding carboxylic acids is 1. The van der Waals surface area contributed by atoms with Crippen molar-refractivity contribution in [3.63, 3.8) is 0 Å². The summed E-state index contributed by atoms with van der Waals surface area (Å²) >= 11 is 0. The van der Waals surface area contributed by atoms with E-state index in [9.17, 15) is 13.9 Å². The molecule has 5 N–H and O–H groups in total. The summed E-state index contributed by atoms with van der Waals surface area (Å²) in [6.45, 7) is 3.82. The van der Waals surface area contributed by atoms with E-state index in [2.05, 4.69) is 4.98 Å². The van der Waals surface area contributed by atoms with Crippen molar-refractivity contribution in [2.45, 2.75) is 37.4 Å². The fourth-order valence-corrected chi connectivity index (χ4v) is 5.68. The molecule has 0 saturated carbocycles. The Balaban J connectivity index is 1.84. The molecule has 4 rings (SSSR count). The quantitative estimate of drug-likeness (QED) is 0.509. The average Bonchev–Trinajstić information content (AvgIpc) is 3.25. The van der Waals surface area contributed by atoms with Crippen LogP contribution in [0.2, 0.25) is 0 Å². The number of rotatable bonds is 3. The largest absolute Gasteiger partial charge is 0.464 e. The zero-order chi connectivity index (χ0) is 19.4. The molecule has 1 aliphatic rings. The highest BCUT2D eigenvalue weighted by Gasteiger charge is 2.41. The molecule has 0 radical (unpaired) electrons. The number of aromatic nitrogens is 1. The number of nitrogens with two attached hydrogens (primary N) is 1. The number of fused-ring (bicyclic) bond motifs is 1. The Morgan fingerprint density at radius 3 is 2.78 bits per heavy atom. The fraction of sp³-hybridized carbons (Fsp3) is 0.350. The Morgan fingerprint density at radius 1 is 1.37 bits per heavy atom. The van der Waals surface area contributed by atoms with E-state index in [-0.39, 0.29) is 5.92 Å². The zero-order valence-electron chi connectivity index (χ0n) is 15.4. The van der Waals surface area contributed by atoms with Crippen LogP contribution < -0.4 is 5.73 Å². The van der Waals surface area contributed by atoms with Crippen molar-refractivity contribution in [3.05, 3.63) is 47.9 Å². The van der Waals surface area contributed by atoms with Gasteiger partial charge in [-0.2, -0.15) is 10.6 Å². The SMILES string of the molecule is CC1(C)CC(c2c[nH]c3c(C(N)=O)cc(-c4ccco4)cc23)CCS1(O)O. The van der Waals surface area contributed by atoms with Gasteiger partial charge in [-0.15, -0.1) is 0 Å². The van der Waals surface area contributed by atoms with Gasteiger partial charge in [0, 0.05) is 22.9 Å². The van der Waals surface area contributed by atoms with Gasteiger partial charge in [0.15, 0.2) is 0 Å².